The summed E-state index contributed by atoms with van der Waals surface area (Å²) in [7, 11) is 0. The summed E-state index contributed by atoms with van der Waals surface area (Å²) in [6.45, 7) is 1.56. The van der Waals surface area contributed by atoms with Gasteiger partial charge in [-0.15, -0.1) is 0 Å². The molecule has 1 aromatic heterocycles. The van der Waals surface area contributed by atoms with Gasteiger partial charge in [0.05, 0.1) is 11.5 Å². The van der Waals surface area contributed by atoms with Crippen LogP contribution in [0.15, 0.2) is 18.3 Å². The molecule has 1 aliphatic rings. The van der Waals surface area contributed by atoms with E-state index in [-0.39, 0.29) is 11.6 Å². The van der Waals surface area contributed by atoms with E-state index in [1.807, 2.05) is 0 Å². The molecule has 0 bridgehead atoms. The maximum atomic E-state index is 10.8. The number of ether oxygens (including phenoxy) is 1. The lowest BCUT2D eigenvalue weighted by molar-refractivity contribution is -0.386. The third-order valence-electron chi connectivity index (χ3n) is 3.30. The van der Waals surface area contributed by atoms with Crippen LogP contribution in [-0.2, 0) is 0 Å². The fraction of sp³-hybridized carbons (Fsp3) is 0.615. The number of nitrogens with one attached hydrogen (secondary N) is 1. The van der Waals surface area contributed by atoms with Crippen molar-refractivity contribution in [2.24, 2.45) is 0 Å². The van der Waals surface area contributed by atoms with Gasteiger partial charge in [0.2, 0.25) is 0 Å². The van der Waals surface area contributed by atoms with Gasteiger partial charge in [-0.1, -0.05) is 6.42 Å². The van der Waals surface area contributed by atoms with Gasteiger partial charge < -0.3 is 10.1 Å². The molecule has 2 heterocycles. The van der Waals surface area contributed by atoms with E-state index in [4.69, 9.17) is 4.74 Å². The molecular weight excluding hydrogens is 246 g/mol. The van der Waals surface area contributed by atoms with Crippen LogP contribution in [0.1, 0.15) is 32.1 Å². The van der Waals surface area contributed by atoms with E-state index in [2.05, 4.69) is 10.3 Å². The van der Waals surface area contributed by atoms with Crippen LogP contribution in [0.4, 0.5) is 5.69 Å². The Morgan fingerprint density at radius 2 is 2.42 bits per heavy atom. The van der Waals surface area contributed by atoms with E-state index in [0.29, 0.717) is 12.6 Å². The Balaban J connectivity index is 1.74. The van der Waals surface area contributed by atoms with Crippen molar-refractivity contribution < 1.29 is 9.66 Å². The molecule has 2 rings (SSSR count). The van der Waals surface area contributed by atoms with Crippen molar-refractivity contribution in [3.8, 4) is 5.88 Å². The van der Waals surface area contributed by atoms with Crippen molar-refractivity contribution in [1.82, 2.24) is 10.3 Å². The summed E-state index contributed by atoms with van der Waals surface area (Å²) in [6, 6.07) is 3.51. The van der Waals surface area contributed by atoms with Gasteiger partial charge in [-0.05, 0) is 38.3 Å². The number of pyridine rings is 1. The average Bonchev–Trinajstić information content (AvgIpc) is 2.45. The molecule has 6 nitrogen and oxygen atoms in total. The molecule has 0 aromatic carbocycles. The van der Waals surface area contributed by atoms with Crippen LogP contribution in [0.5, 0.6) is 5.88 Å². The smallest absolute Gasteiger partial charge is 0.330 e. The van der Waals surface area contributed by atoms with Gasteiger partial charge >= 0.3 is 5.69 Å². The van der Waals surface area contributed by atoms with E-state index in [1.54, 1.807) is 0 Å². The number of hydrogen-bond acceptors (Lipinski definition) is 5. The lowest BCUT2D eigenvalue weighted by Crippen LogP contribution is -2.34. The molecule has 0 aliphatic carbocycles. The third kappa shape index (κ3) is 4.17. The zero-order chi connectivity index (χ0) is 13.5. The quantitative estimate of drug-likeness (QED) is 0.485. The standard InChI is InChI=1S/C13H19N3O3/c17-16(18)12-7-3-9-15-13(12)19-10-4-6-11-5-1-2-8-14-11/h3,7,9,11,14H,1-2,4-6,8,10H2/t11-/m0/s1. The maximum Gasteiger partial charge on any atom is 0.330 e. The van der Waals surface area contributed by atoms with E-state index < -0.39 is 4.92 Å². The molecule has 104 valence electrons. The molecule has 6 heteroatoms. The highest BCUT2D eigenvalue weighted by molar-refractivity contribution is 5.39. The highest BCUT2D eigenvalue weighted by Crippen LogP contribution is 2.23. The second kappa shape index (κ2) is 7.04. The Bertz CT molecular complexity index is 419. The Hall–Kier alpha value is -1.69. The molecule has 1 aliphatic heterocycles. The fourth-order valence-electron chi connectivity index (χ4n) is 2.30. The Labute approximate surface area is 112 Å². The monoisotopic (exact) mass is 265 g/mol. The number of piperidine rings is 1. The Kier molecular flexibility index (Phi) is 5.09. The van der Waals surface area contributed by atoms with E-state index in [1.165, 1.54) is 37.6 Å². The molecule has 19 heavy (non-hydrogen) atoms. The SMILES string of the molecule is O=[N+]([O-])c1cccnc1OCCC[C@@H]1CCCCN1. The first kappa shape index (κ1) is 13.7. The molecular formula is C13H19N3O3. The van der Waals surface area contributed by atoms with Crippen LogP contribution >= 0.6 is 0 Å². The van der Waals surface area contributed by atoms with Crippen LogP contribution < -0.4 is 10.1 Å². The van der Waals surface area contributed by atoms with Crippen LogP contribution in [0.3, 0.4) is 0 Å². The minimum absolute atomic E-state index is 0.0710. The number of hydrogen-bond donors (Lipinski definition) is 1. The summed E-state index contributed by atoms with van der Waals surface area (Å²) in [5.41, 5.74) is -0.0710. The van der Waals surface area contributed by atoms with Crippen LogP contribution in [0.25, 0.3) is 0 Å². The summed E-state index contributed by atoms with van der Waals surface area (Å²) in [6.07, 6.45) is 7.18. The zero-order valence-corrected chi connectivity index (χ0v) is 10.9. The van der Waals surface area contributed by atoms with Crippen LogP contribution in [0.2, 0.25) is 0 Å². The zero-order valence-electron chi connectivity index (χ0n) is 10.9. The third-order valence-corrected chi connectivity index (χ3v) is 3.30. The van der Waals surface area contributed by atoms with E-state index in [0.717, 1.165) is 19.4 Å². The summed E-state index contributed by atoms with van der Waals surface area (Å²) in [4.78, 5) is 14.2. The van der Waals surface area contributed by atoms with Crippen molar-refractivity contribution in [2.45, 2.75) is 38.1 Å². The number of nitro groups is 1. The van der Waals surface area contributed by atoms with Crippen molar-refractivity contribution in [3.63, 3.8) is 0 Å². The fourth-order valence-corrected chi connectivity index (χ4v) is 2.30. The lowest BCUT2D eigenvalue weighted by atomic mass is 10.0. The largest absolute Gasteiger partial charge is 0.473 e. The molecule has 0 saturated carbocycles. The summed E-state index contributed by atoms with van der Waals surface area (Å²) < 4.78 is 5.41. The Morgan fingerprint density at radius 1 is 1.53 bits per heavy atom. The molecule has 1 atom stereocenters. The molecule has 0 unspecified atom stereocenters. The maximum absolute atomic E-state index is 10.8. The van der Waals surface area contributed by atoms with Crippen molar-refractivity contribution in [3.05, 3.63) is 28.4 Å². The van der Waals surface area contributed by atoms with Crippen molar-refractivity contribution in [2.75, 3.05) is 13.2 Å². The highest BCUT2D eigenvalue weighted by atomic mass is 16.6. The van der Waals surface area contributed by atoms with Gasteiger partial charge in [0.15, 0.2) is 0 Å². The lowest BCUT2D eigenvalue weighted by Gasteiger charge is -2.23. The van der Waals surface area contributed by atoms with Gasteiger partial charge in [-0.2, -0.15) is 0 Å². The van der Waals surface area contributed by atoms with Crippen molar-refractivity contribution in [1.29, 1.82) is 0 Å². The minimum atomic E-state index is -0.467. The molecule has 1 fully saturated rings. The van der Waals surface area contributed by atoms with Gasteiger partial charge in [-0.3, -0.25) is 10.1 Å². The molecule has 1 N–H and O–H groups in total. The van der Waals surface area contributed by atoms with Crippen LogP contribution in [0, 0.1) is 10.1 Å². The van der Waals surface area contributed by atoms with Crippen molar-refractivity contribution >= 4 is 5.69 Å². The highest BCUT2D eigenvalue weighted by Gasteiger charge is 2.16. The molecule has 1 aromatic rings. The van der Waals surface area contributed by atoms with Crippen LogP contribution in [-0.4, -0.2) is 29.1 Å². The number of aromatic nitrogens is 1. The molecule has 0 amide bonds. The van der Waals surface area contributed by atoms with Gasteiger partial charge in [0, 0.05) is 18.3 Å². The second-order valence-electron chi connectivity index (χ2n) is 4.72. The van der Waals surface area contributed by atoms with Gasteiger partial charge in [0.1, 0.15) is 0 Å². The van der Waals surface area contributed by atoms with Gasteiger partial charge in [0.25, 0.3) is 5.88 Å². The first-order valence-electron chi connectivity index (χ1n) is 6.73. The predicted molar refractivity (Wildman–Crippen MR) is 71.3 cm³/mol. The summed E-state index contributed by atoms with van der Waals surface area (Å²) in [5.74, 6) is 0.115. The average molecular weight is 265 g/mol. The van der Waals surface area contributed by atoms with Gasteiger partial charge in [-0.25, -0.2) is 4.98 Å². The summed E-state index contributed by atoms with van der Waals surface area (Å²) in [5, 5.41) is 14.2. The van der Waals surface area contributed by atoms with E-state index >= 15 is 0 Å². The summed E-state index contributed by atoms with van der Waals surface area (Å²) >= 11 is 0. The minimum Gasteiger partial charge on any atom is -0.473 e. The normalized spacial score (nSPS) is 19.1. The number of rotatable bonds is 6. The molecule has 0 spiro atoms. The predicted octanol–water partition coefficient (Wildman–Crippen LogP) is 2.29. The Morgan fingerprint density at radius 3 is 3.16 bits per heavy atom. The molecule has 1 saturated heterocycles. The first-order chi connectivity index (χ1) is 9.27. The number of nitrogens with zero attached hydrogens (tertiary/aromatic N) is 2. The topological polar surface area (TPSA) is 77.3 Å². The molecule has 0 radical (unpaired) electrons. The second-order valence-corrected chi connectivity index (χ2v) is 4.72. The van der Waals surface area contributed by atoms with E-state index in [9.17, 15) is 10.1 Å². The first-order valence-corrected chi connectivity index (χ1v) is 6.73.